The summed E-state index contributed by atoms with van der Waals surface area (Å²) in [5.74, 6) is -1.31. The van der Waals surface area contributed by atoms with Crippen LogP contribution in [0.2, 0.25) is 0 Å². The molecule has 0 heterocycles. The Kier molecular flexibility index (Phi) is 5.95. The molecule has 0 aliphatic carbocycles. The molecule has 2 amide bonds. The molecule has 0 aliphatic heterocycles. The number of hydrogen-bond donors (Lipinski definition) is 3. The van der Waals surface area contributed by atoms with Crippen molar-refractivity contribution in [2.24, 2.45) is 5.73 Å². The number of nitrogens with one attached hydrogen (secondary N) is 2. The van der Waals surface area contributed by atoms with Crippen LogP contribution < -0.4 is 16.4 Å². The lowest BCUT2D eigenvalue weighted by Crippen LogP contribution is -2.34. The molecule has 1 aromatic rings. The highest BCUT2D eigenvalue weighted by molar-refractivity contribution is 5.92. The number of carbonyl (C=O) groups is 2. The van der Waals surface area contributed by atoms with Gasteiger partial charge in [-0.25, -0.2) is 4.39 Å². The van der Waals surface area contributed by atoms with Crippen LogP contribution in [-0.4, -0.2) is 24.9 Å². The van der Waals surface area contributed by atoms with E-state index in [1.807, 2.05) is 6.92 Å². The first kappa shape index (κ1) is 15.1. The molecule has 0 spiro atoms. The van der Waals surface area contributed by atoms with Crippen LogP contribution in [0.1, 0.15) is 29.3 Å². The summed E-state index contributed by atoms with van der Waals surface area (Å²) in [6.45, 7) is 2.92. The van der Waals surface area contributed by atoms with Gasteiger partial charge in [-0.2, -0.15) is 0 Å². The number of halogens is 1. The fourth-order valence-corrected chi connectivity index (χ4v) is 1.48. The van der Waals surface area contributed by atoms with Gasteiger partial charge in [-0.15, -0.1) is 0 Å². The highest BCUT2D eigenvalue weighted by Gasteiger charge is 2.07. The highest BCUT2D eigenvalue weighted by Crippen LogP contribution is 2.09. The monoisotopic (exact) mass is 267 g/mol. The molecule has 0 radical (unpaired) electrons. The minimum atomic E-state index is -0.669. The van der Waals surface area contributed by atoms with Crippen LogP contribution in [0.3, 0.4) is 0 Å². The van der Waals surface area contributed by atoms with Crippen LogP contribution in [0.15, 0.2) is 18.2 Å². The maximum Gasteiger partial charge on any atom is 0.248 e. The van der Waals surface area contributed by atoms with Gasteiger partial charge < -0.3 is 16.4 Å². The largest absolute Gasteiger partial charge is 0.366 e. The van der Waals surface area contributed by atoms with Crippen molar-refractivity contribution in [2.45, 2.75) is 19.9 Å². The van der Waals surface area contributed by atoms with Gasteiger partial charge in [-0.05, 0) is 18.6 Å². The Bertz CT molecular complexity index is 463. The number of amides is 2. The maximum atomic E-state index is 13.6. The number of benzene rings is 1. The van der Waals surface area contributed by atoms with Gasteiger partial charge in [0, 0.05) is 24.2 Å². The third kappa shape index (κ3) is 5.05. The molecule has 104 valence electrons. The van der Waals surface area contributed by atoms with E-state index < -0.39 is 11.7 Å². The summed E-state index contributed by atoms with van der Waals surface area (Å²) in [6.07, 6.45) is 0.870. The number of nitrogens with two attached hydrogens (primary N) is 1. The van der Waals surface area contributed by atoms with Gasteiger partial charge in [0.25, 0.3) is 0 Å². The van der Waals surface area contributed by atoms with Gasteiger partial charge in [-0.1, -0.05) is 13.0 Å². The zero-order valence-corrected chi connectivity index (χ0v) is 10.8. The number of carbonyl (C=O) groups excluding carboxylic acids is 2. The molecule has 19 heavy (non-hydrogen) atoms. The van der Waals surface area contributed by atoms with E-state index in [2.05, 4.69) is 10.6 Å². The quantitative estimate of drug-likeness (QED) is 0.674. The van der Waals surface area contributed by atoms with Gasteiger partial charge in [0.15, 0.2) is 0 Å². The van der Waals surface area contributed by atoms with Crippen molar-refractivity contribution in [1.82, 2.24) is 10.6 Å². The molecule has 4 N–H and O–H groups in total. The molecule has 0 saturated heterocycles. The minimum absolute atomic E-state index is 0.122. The molecule has 0 bridgehead atoms. The second kappa shape index (κ2) is 7.48. The lowest BCUT2D eigenvalue weighted by molar-refractivity contribution is -0.120. The van der Waals surface area contributed by atoms with E-state index in [-0.39, 0.29) is 24.6 Å². The van der Waals surface area contributed by atoms with Crippen LogP contribution in [0.25, 0.3) is 0 Å². The summed E-state index contributed by atoms with van der Waals surface area (Å²) in [5, 5.41) is 5.53. The van der Waals surface area contributed by atoms with E-state index in [9.17, 15) is 14.0 Å². The van der Waals surface area contributed by atoms with E-state index in [0.29, 0.717) is 12.1 Å². The van der Waals surface area contributed by atoms with Crippen LogP contribution in [0.5, 0.6) is 0 Å². The molecule has 0 fully saturated rings. The molecular formula is C13H18FN3O2. The van der Waals surface area contributed by atoms with Gasteiger partial charge in [-0.3, -0.25) is 9.59 Å². The van der Waals surface area contributed by atoms with Gasteiger partial charge >= 0.3 is 0 Å². The normalized spacial score (nSPS) is 10.2. The molecule has 5 nitrogen and oxygen atoms in total. The molecule has 6 heteroatoms. The average molecular weight is 267 g/mol. The summed E-state index contributed by atoms with van der Waals surface area (Å²) in [5.41, 5.74) is 5.55. The molecule has 1 rings (SSSR count). The van der Waals surface area contributed by atoms with Crippen molar-refractivity contribution < 1.29 is 14.0 Å². The van der Waals surface area contributed by atoms with Crippen molar-refractivity contribution in [3.63, 3.8) is 0 Å². The van der Waals surface area contributed by atoms with E-state index >= 15 is 0 Å². The zero-order chi connectivity index (χ0) is 14.3. The molecule has 0 aliphatic rings. The Balaban J connectivity index is 2.45. The van der Waals surface area contributed by atoms with Crippen molar-refractivity contribution in [3.05, 3.63) is 35.1 Å². The molecule has 1 aromatic carbocycles. The van der Waals surface area contributed by atoms with Gasteiger partial charge in [0.1, 0.15) is 5.82 Å². The molecule has 0 saturated carbocycles. The van der Waals surface area contributed by atoms with Crippen molar-refractivity contribution in [2.75, 3.05) is 13.1 Å². The summed E-state index contributed by atoms with van der Waals surface area (Å²) < 4.78 is 13.6. The van der Waals surface area contributed by atoms with Crippen LogP contribution in [0, 0.1) is 5.82 Å². The topological polar surface area (TPSA) is 84.2 Å². The lowest BCUT2D eigenvalue weighted by atomic mass is 10.1. The molecule has 0 atom stereocenters. The first-order valence-corrected chi connectivity index (χ1v) is 6.10. The van der Waals surface area contributed by atoms with Crippen LogP contribution >= 0.6 is 0 Å². The number of primary amides is 1. The third-order valence-corrected chi connectivity index (χ3v) is 2.51. The second-order valence-electron chi connectivity index (χ2n) is 4.12. The maximum absolute atomic E-state index is 13.6. The Morgan fingerprint density at radius 3 is 2.68 bits per heavy atom. The Hall–Kier alpha value is -1.95. The van der Waals surface area contributed by atoms with Crippen molar-refractivity contribution >= 4 is 11.8 Å². The van der Waals surface area contributed by atoms with Crippen LogP contribution in [0.4, 0.5) is 4.39 Å². The Morgan fingerprint density at radius 1 is 1.37 bits per heavy atom. The third-order valence-electron chi connectivity index (χ3n) is 2.51. The summed E-state index contributed by atoms with van der Waals surface area (Å²) in [4.78, 5) is 22.1. The van der Waals surface area contributed by atoms with Gasteiger partial charge in [0.05, 0.1) is 6.54 Å². The van der Waals surface area contributed by atoms with Gasteiger partial charge in [0.2, 0.25) is 11.8 Å². The summed E-state index contributed by atoms with van der Waals surface area (Å²) >= 11 is 0. The second-order valence-corrected chi connectivity index (χ2v) is 4.12. The van der Waals surface area contributed by atoms with Crippen molar-refractivity contribution in [1.29, 1.82) is 0 Å². The zero-order valence-electron chi connectivity index (χ0n) is 10.8. The van der Waals surface area contributed by atoms with E-state index in [1.54, 1.807) is 0 Å². The molecular weight excluding hydrogens is 249 g/mol. The number of hydrogen-bond acceptors (Lipinski definition) is 3. The lowest BCUT2D eigenvalue weighted by Gasteiger charge is -2.07. The SMILES string of the molecule is CCCNC(=O)CNCc1ccc(C(N)=O)cc1F. The molecule has 0 unspecified atom stereocenters. The fourth-order valence-electron chi connectivity index (χ4n) is 1.48. The smallest absolute Gasteiger partial charge is 0.248 e. The standard InChI is InChI=1S/C13H18FN3O2/c1-2-5-17-12(18)8-16-7-10-4-3-9(13(15)19)6-11(10)14/h3-4,6,16H,2,5,7-8H2,1H3,(H2,15,19)(H,17,18). The Morgan fingerprint density at radius 2 is 2.11 bits per heavy atom. The Labute approximate surface area is 111 Å². The predicted octanol–water partition coefficient (Wildman–Crippen LogP) is 0.540. The summed E-state index contributed by atoms with van der Waals surface area (Å²) in [7, 11) is 0. The van der Waals surface area contributed by atoms with E-state index in [0.717, 1.165) is 12.5 Å². The summed E-state index contributed by atoms with van der Waals surface area (Å²) in [6, 6.07) is 4.03. The average Bonchev–Trinajstić information content (AvgIpc) is 2.38. The highest BCUT2D eigenvalue weighted by atomic mass is 19.1. The molecule has 0 aromatic heterocycles. The van der Waals surface area contributed by atoms with Crippen LogP contribution in [-0.2, 0) is 11.3 Å². The predicted molar refractivity (Wildman–Crippen MR) is 69.9 cm³/mol. The van der Waals surface area contributed by atoms with Crippen molar-refractivity contribution in [3.8, 4) is 0 Å². The first-order chi connectivity index (χ1) is 9.04. The van der Waals surface area contributed by atoms with E-state index in [4.69, 9.17) is 5.73 Å². The first-order valence-electron chi connectivity index (χ1n) is 6.10. The fraction of sp³-hybridized carbons (Fsp3) is 0.385. The number of rotatable bonds is 7. The van der Waals surface area contributed by atoms with E-state index in [1.165, 1.54) is 12.1 Å². The minimum Gasteiger partial charge on any atom is -0.366 e.